The topological polar surface area (TPSA) is 29.5 Å². The Morgan fingerprint density at radius 1 is 0.321 bits per heavy atom. The average molecular weight is 678 g/mol. The number of anilines is 3. The number of hydrogen-bond acceptors (Lipinski definition) is 3. The van der Waals surface area contributed by atoms with Gasteiger partial charge in [0.25, 0.3) is 0 Å². The molecule has 248 valence electrons. The molecule has 0 atom stereocenters. The molecule has 53 heavy (non-hydrogen) atoms. The maximum Gasteiger partial charge on any atom is 0.143 e. The lowest BCUT2D eigenvalue weighted by Gasteiger charge is -2.27. The zero-order valence-electron chi connectivity index (χ0n) is 28.7. The molecule has 0 spiro atoms. The van der Waals surface area contributed by atoms with Crippen molar-refractivity contribution in [2.45, 2.75) is 0 Å². The summed E-state index contributed by atoms with van der Waals surface area (Å²) in [5, 5.41) is 9.08. The monoisotopic (exact) mass is 677 g/mol. The fourth-order valence-electron chi connectivity index (χ4n) is 8.12. The fraction of sp³-hybridized carbons (Fsp3) is 0. The molecule has 3 nitrogen and oxygen atoms in total. The Kier molecular flexibility index (Phi) is 6.55. The molecular weight excluding hydrogens is 647 g/mol. The Hall–Kier alpha value is -7.10. The van der Waals surface area contributed by atoms with Crippen molar-refractivity contribution in [3.05, 3.63) is 188 Å². The van der Waals surface area contributed by atoms with Gasteiger partial charge in [0.05, 0.1) is 22.1 Å². The van der Waals surface area contributed by atoms with Crippen molar-refractivity contribution < 1.29 is 8.83 Å². The largest absolute Gasteiger partial charge is 0.456 e. The molecule has 11 rings (SSSR count). The molecule has 0 fully saturated rings. The molecule has 0 aliphatic carbocycles. The minimum atomic E-state index is 0.852. The molecule has 0 aliphatic rings. The minimum absolute atomic E-state index is 0.852. The van der Waals surface area contributed by atoms with Crippen molar-refractivity contribution in [1.82, 2.24) is 0 Å². The van der Waals surface area contributed by atoms with Crippen LogP contribution in [0.15, 0.2) is 197 Å². The summed E-state index contributed by atoms with van der Waals surface area (Å²) < 4.78 is 13.1. The zero-order chi connectivity index (χ0) is 34.9. The lowest BCUT2D eigenvalue weighted by atomic mass is 9.97. The van der Waals surface area contributed by atoms with Crippen molar-refractivity contribution in [2.24, 2.45) is 0 Å². The second kappa shape index (κ2) is 11.7. The minimum Gasteiger partial charge on any atom is -0.456 e. The quantitative estimate of drug-likeness (QED) is 0.182. The van der Waals surface area contributed by atoms with Crippen LogP contribution in [-0.2, 0) is 0 Å². The number of fused-ring (bicyclic) bond motifs is 9. The Morgan fingerprint density at radius 2 is 0.887 bits per heavy atom. The smallest absolute Gasteiger partial charge is 0.143 e. The molecule has 2 heterocycles. The molecule has 0 N–H and O–H groups in total. The van der Waals surface area contributed by atoms with E-state index in [2.05, 4.69) is 181 Å². The van der Waals surface area contributed by atoms with Gasteiger partial charge in [-0.05, 0) is 99.1 Å². The van der Waals surface area contributed by atoms with E-state index in [1.165, 1.54) is 27.5 Å². The van der Waals surface area contributed by atoms with Gasteiger partial charge in [0.15, 0.2) is 0 Å². The maximum atomic E-state index is 6.67. The molecule has 3 heteroatoms. The fourth-order valence-corrected chi connectivity index (χ4v) is 8.12. The van der Waals surface area contributed by atoms with E-state index in [0.717, 1.165) is 77.3 Å². The van der Waals surface area contributed by atoms with Gasteiger partial charge >= 0.3 is 0 Å². The van der Waals surface area contributed by atoms with Crippen LogP contribution < -0.4 is 4.90 Å². The lowest BCUT2D eigenvalue weighted by Crippen LogP contribution is -2.10. The van der Waals surface area contributed by atoms with E-state index in [0.29, 0.717) is 0 Å². The standard InChI is InChI=1S/C50H31NO2/c1-2-12-35-31-38(23-22-32(35)10-1)37-14-7-13-36(30-37)33-24-27-39(28-25-33)51(43-17-8-20-46-48(43)41-16-5-6-19-45(41)52-46)44-18-9-21-47-49(44)42-29-26-34-11-3-4-15-40(34)50(42)53-47/h1-31H. The van der Waals surface area contributed by atoms with Crippen molar-refractivity contribution in [2.75, 3.05) is 4.90 Å². The molecule has 11 aromatic rings. The van der Waals surface area contributed by atoms with E-state index in [9.17, 15) is 0 Å². The van der Waals surface area contributed by atoms with Gasteiger partial charge in [-0.25, -0.2) is 0 Å². The first-order valence-electron chi connectivity index (χ1n) is 18.0. The highest BCUT2D eigenvalue weighted by Crippen LogP contribution is 2.47. The van der Waals surface area contributed by atoms with E-state index in [1.807, 2.05) is 12.1 Å². The van der Waals surface area contributed by atoms with Crippen molar-refractivity contribution in [1.29, 1.82) is 0 Å². The first kappa shape index (κ1) is 29.6. The summed E-state index contributed by atoms with van der Waals surface area (Å²) in [5.41, 5.74) is 11.3. The summed E-state index contributed by atoms with van der Waals surface area (Å²) in [5.74, 6) is 0. The van der Waals surface area contributed by atoms with Crippen LogP contribution in [-0.4, -0.2) is 0 Å². The van der Waals surface area contributed by atoms with Crippen LogP contribution in [0.25, 0.3) is 87.7 Å². The molecule has 2 aromatic heterocycles. The van der Waals surface area contributed by atoms with Gasteiger partial charge < -0.3 is 13.7 Å². The summed E-state index contributed by atoms with van der Waals surface area (Å²) in [6, 6.07) is 66.8. The average Bonchev–Trinajstić information content (AvgIpc) is 3.81. The molecule has 0 amide bonds. The molecule has 0 saturated heterocycles. The van der Waals surface area contributed by atoms with Crippen LogP contribution in [0.3, 0.4) is 0 Å². The van der Waals surface area contributed by atoms with E-state index in [1.54, 1.807) is 0 Å². The van der Waals surface area contributed by atoms with Crippen LogP contribution >= 0.6 is 0 Å². The predicted molar refractivity (Wildman–Crippen MR) is 222 cm³/mol. The molecule has 9 aromatic carbocycles. The third kappa shape index (κ3) is 4.75. The first-order valence-corrected chi connectivity index (χ1v) is 18.0. The summed E-state index contributed by atoms with van der Waals surface area (Å²) in [4.78, 5) is 2.37. The SMILES string of the molecule is c1cc(-c2ccc(N(c3cccc4oc5ccccc5c34)c3cccc4oc5c6ccccc6ccc5c34)cc2)cc(-c2ccc3ccccc3c2)c1. The number of rotatable bonds is 5. The lowest BCUT2D eigenvalue weighted by molar-refractivity contribution is 0.669. The third-order valence-corrected chi connectivity index (χ3v) is 10.6. The van der Waals surface area contributed by atoms with Crippen molar-refractivity contribution in [3.8, 4) is 22.3 Å². The van der Waals surface area contributed by atoms with Gasteiger partial charge in [-0.3, -0.25) is 0 Å². The molecule has 0 radical (unpaired) electrons. The second-order valence-electron chi connectivity index (χ2n) is 13.7. The van der Waals surface area contributed by atoms with Crippen LogP contribution in [0.2, 0.25) is 0 Å². The number of furan rings is 2. The summed E-state index contributed by atoms with van der Waals surface area (Å²) in [6.07, 6.45) is 0. The summed E-state index contributed by atoms with van der Waals surface area (Å²) in [7, 11) is 0. The molecule has 0 bridgehead atoms. The predicted octanol–water partition coefficient (Wildman–Crippen LogP) is 14.6. The normalized spacial score (nSPS) is 11.8. The third-order valence-electron chi connectivity index (χ3n) is 10.6. The van der Waals surface area contributed by atoms with Crippen molar-refractivity contribution in [3.63, 3.8) is 0 Å². The van der Waals surface area contributed by atoms with Gasteiger partial charge in [-0.1, -0.05) is 127 Å². The Labute approximate surface area is 305 Å². The van der Waals surface area contributed by atoms with Crippen LogP contribution in [0.4, 0.5) is 17.1 Å². The molecule has 0 aliphatic heterocycles. The highest BCUT2D eigenvalue weighted by molar-refractivity contribution is 6.21. The summed E-state index contributed by atoms with van der Waals surface area (Å²) >= 11 is 0. The second-order valence-corrected chi connectivity index (χ2v) is 13.7. The van der Waals surface area contributed by atoms with Gasteiger partial charge in [-0.2, -0.15) is 0 Å². The van der Waals surface area contributed by atoms with E-state index >= 15 is 0 Å². The number of para-hydroxylation sites is 1. The van der Waals surface area contributed by atoms with E-state index < -0.39 is 0 Å². The highest BCUT2D eigenvalue weighted by Gasteiger charge is 2.23. The Bertz CT molecular complexity index is 3180. The van der Waals surface area contributed by atoms with E-state index in [4.69, 9.17) is 8.83 Å². The van der Waals surface area contributed by atoms with Gasteiger partial charge in [0.1, 0.15) is 22.3 Å². The van der Waals surface area contributed by atoms with Gasteiger partial charge in [0.2, 0.25) is 0 Å². The molecule has 0 unspecified atom stereocenters. The Balaban J connectivity index is 1.10. The van der Waals surface area contributed by atoms with Crippen LogP contribution in [0, 0.1) is 0 Å². The van der Waals surface area contributed by atoms with Crippen molar-refractivity contribution >= 4 is 82.5 Å². The van der Waals surface area contributed by atoms with Gasteiger partial charge in [-0.15, -0.1) is 0 Å². The zero-order valence-corrected chi connectivity index (χ0v) is 28.7. The van der Waals surface area contributed by atoms with E-state index in [-0.39, 0.29) is 0 Å². The first-order chi connectivity index (χ1) is 26.3. The van der Waals surface area contributed by atoms with Crippen LogP contribution in [0.1, 0.15) is 0 Å². The highest BCUT2D eigenvalue weighted by atomic mass is 16.3. The molecular formula is C50H31NO2. The number of hydrogen-bond donors (Lipinski definition) is 0. The number of benzene rings is 9. The van der Waals surface area contributed by atoms with Crippen LogP contribution in [0.5, 0.6) is 0 Å². The maximum absolute atomic E-state index is 6.67. The number of nitrogens with zero attached hydrogens (tertiary/aromatic N) is 1. The van der Waals surface area contributed by atoms with Gasteiger partial charge in [0, 0.05) is 21.8 Å². The summed E-state index contributed by atoms with van der Waals surface area (Å²) in [6.45, 7) is 0. The molecule has 0 saturated carbocycles. The Morgan fingerprint density at radius 3 is 1.70 bits per heavy atom.